The lowest BCUT2D eigenvalue weighted by Crippen LogP contribution is -2.48. The number of ether oxygens (including phenoxy) is 1. The maximum Gasteiger partial charge on any atom is 0.315 e. The molecule has 10 nitrogen and oxygen atoms in total. The summed E-state index contributed by atoms with van der Waals surface area (Å²) < 4.78 is 5.71. The second kappa shape index (κ2) is 12.6. The zero-order valence-electron chi connectivity index (χ0n) is 21.2. The minimum absolute atomic E-state index is 0.0177. The van der Waals surface area contributed by atoms with E-state index in [2.05, 4.69) is 30.4 Å². The first kappa shape index (κ1) is 25.8. The highest BCUT2D eigenvalue weighted by atomic mass is 16.5. The maximum absolute atomic E-state index is 12.8. The van der Waals surface area contributed by atoms with Gasteiger partial charge in [0, 0.05) is 70.3 Å². The number of aromatic nitrogens is 2. The molecule has 36 heavy (non-hydrogen) atoms. The molecule has 1 aromatic carbocycles. The molecule has 0 spiro atoms. The number of hydrogen-bond donors (Lipinski definition) is 2. The fraction of sp³-hybridized carbons (Fsp3) is 0.538. The number of hydrogen-bond acceptors (Lipinski definition) is 7. The number of carbonyl (C=O) groups excluding carboxylic acids is 2. The fourth-order valence-electron chi connectivity index (χ4n) is 4.67. The summed E-state index contributed by atoms with van der Waals surface area (Å²) in [6.45, 7) is 10.9. The van der Waals surface area contributed by atoms with Gasteiger partial charge in [0.2, 0.25) is 5.95 Å². The van der Waals surface area contributed by atoms with E-state index in [1.54, 1.807) is 12.4 Å². The summed E-state index contributed by atoms with van der Waals surface area (Å²) in [6, 6.07) is 9.08. The normalized spacial score (nSPS) is 20.7. The van der Waals surface area contributed by atoms with E-state index in [9.17, 15) is 9.59 Å². The van der Waals surface area contributed by atoms with Crippen LogP contribution in [-0.4, -0.2) is 96.3 Å². The third-order valence-corrected chi connectivity index (χ3v) is 6.50. The van der Waals surface area contributed by atoms with E-state index in [0.29, 0.717) is 31.7 Å². The SMILES string of the molecule is CC1CN(C(=O)c2ccc(CNC(=O)NCCCN3CCN(c4ncccn4)CC3)cc2)CC(C)O1. The van der Waals surface area contributed by atoms with E-state index < -0.39 is 0 Å². The van der Waals surface area contributed by atoms with Gasteiger partial charge in [0.15, 0.2) is 0 Å². The van der Waals surface area contributed by atoms with E-state index in [-0.39, 0.29) is 24.1 Å². The topological polar surface area (TPSA) is 103 Å². The second-order valence-corrected chi connectivity index (χ2v) is 9.50. The maximum atomic E-state index is 12.8. The summed E-state index contributed by atoms with van der Waals surface area (Å²) in [6.07, 6.45) is 4.52. The lowest BCUT2D eigenvalue weighted by atomic mass is 10.1. The zero-order chi connectivity index (χ0) is 25.3. The number of anilines is 1. The van der Waals surface area contributed by atoms with Crippen molar-refractivity contribution in [3.05, 3.63) is 53.9 Å². The lowest BCUT2D eigenvalue weighted by Gasteiger charge is -2.35. The van der Waals surface area contributed by atoms with Crippen molar-refractivity contribution in [2.24, 2.45) is 0 Å². The molecule has 3 heterocycles. The smallest absolute Gasteiger partial charge is 0.315 e. The monoisotopic (exact) mass is 495 g/mol. The Balaban J connectivity index is 1.10. The highest BCUT2D eigenvalue weighted by Gasteiger charge is 2.26. The van der Waals surface area contributed by atoms with Gasteiger partial charge < -0.3 is 25.2 Å². The van der Waals surface area contributed by atoms with E-state index in [1.165, 1.54) is 0 Å². The molecule has 2 unspecified atom stereocenters. The molecule has 2 aliphatic rings. The number of nitrogens with zero attached hydrogens (tertiary/aromatic N) is 5. The first-order valence-electron chi connectivity index (χ1n) is 12.8. The van der Waals surface area contributed by atoms with Crippen LogP contribution in [0.15, 0.2) is 42.7 Å². The number of morpholine rings is 1. The van der Waals surface area contributed by atoms with Crippen molar-refractivity contribution in [1.29, 1.82) is 0 Å². The third kappa shape index (κ3) is 7.38. The molecule has 4 rings (SSSR count). The van der Waals surface area contributed by atoms with Gasteiger partial charge in [-0.3, -0.25) is 9.69 Å². The summed E-state index contributed by atoms with van der Waals surface area (Å²) in [5.74, 6) is 0.808. The Bertz CT molecular complexity index is 971. The lowest BCUT2D eigenvalue weighted by molar-refractivity contribution is -0.0586. The average Bonchev–Trinajstić information content (AvgIpc) is 2.90. The van der Waals surface area contributed by atoms with Gasteiger partial charge in [-0.15, -0.1) is 0 Å². The highest BCUT2D eigenvalue weighted by Crippen LogP contribution is 2.15. The van der Waals surface area contributed by atoms with Gasteiger partial charge >= 0.3 is 6.03 Å². The largest absolute Gasteiger partial charge is 0.372 e. The number of nitrogens with one attached hydrogen (secondary N) is 2. The van der Waals surface area contributed by atoms with Crippen LogP contribution in [0.2, 0.25) is 0 Å². The Morgan fingerprint density at radius 3 is 2.31 bits per heavy atom. The Morgan fingerprint density at radius 2 is 1.64 bits per heavy atom. The molecule has 10 heteroatoms. The Morgan fingerprint density at radius 1 is 0.972 bits per heavy atom. The molecule has 1 aromatic heterocycles. The van der Waals surface area contributed by atoms with Gasteiger partial charge in [0.05, 0.1) is 12.2 Å². The molecule has 2 fully saturated rings. The van der Waals surface area contributed by atoms with Crippen LogP contribution in [0.3, 0.4) is 0 Å². The van der Waals surface area contributed by atoms with Crippen LogP contribution in [0.5, 0.6) is 0 Å². The van der Waals surface area contributed by atoms with Gasteiger partial charge in [0.25, 0.3) is 5.91 Å². The van der Waals surface area contributed by atoms with Crippen molar-refractivity contribution in [2.75, 3.05) is 57.3 Å². The van der Waals surface area contributed by atoms with Gasteiger partial charge in [-0.1, -0.05) is 12.1 Å². The number of amides is 3. The Labute approximate surface area is 213 Å². The third-order valence-electron chi connectivity index (χ3n) is 6.50. The molecule has 2 atom stereocenters. The minimum atomic E-state index is -0.183. The van der Waals surface area contributed by atoms with Gasteiger partial charge in [-0.2, -0.15) is 0 Å². The summed E-state index contributed by atoms with van der Waals surface area (Å²) in [7, 11) is 0. The molecule has 194 valence electrons. The first-order valence-corrected chi connectivity index (χ1v) is 12.8. The number of urea groups is 1. The van der Waals surface area contributed by atoms with Crippen molar-refractivity contribution < 1.29 is 14.3 Å². The molecule has 0 radical (unpaired) electrons. The van der Waals surface area contributed by atoms with Gasteiger partial charge in [0.1, 0.15) is 0 Å². The van der Waals surface area contributed by atoms with Crippen LogP contribution in [0.4, 0.5) is 10.7 Å². The van der Waals surface area contributed by atoms with Gasteiger partial charge in [-0.05, 0) is 50.6 Å². The fourth-order valence-corrected chi connectivity index (χ4v) is 4.67. The van der Waals surface area contributed by atoms with Crippen molar-refractivity contribution >= 4 is 17.9 Å². The molecule has 2 aliphatic heterocycles. The van der Waals surface area contributed by atoms with Crippen LogP contribution in [0.25, 0.3) is 0 Å². The predicted molar refractivity (Wildman–Crippen MR) is 138 cm³/mol. The zero-order valence-corrected chi connectivity index (χ0v) is 21.2. The van der Waals surface area contributed by atoms with Crippen molar-refractivity contribution in [2.45, 2.75) is 39.0 Å². The average molecular weight is 496 g/mol. The molecule has 2 N–H and O–H groups in total. The molecule has 0 saturated carbocycles. The van der Waals surface area contributed by atoms with E-state index in [4.69, 9.17) is 4.74 Å². The second-order valence-electron chi connectivity index (χ2n) is 9.50. The number of carbonyl (C=O) groups is 2. The highest BCUT2D eigenvalue weighted by molar-refractivity contribution is 5.94. The molecule has 0 aliphatic carbocycles. The number of benzene rings is 1. The van der Waals surface area contributed by atoms with Crippen molar-refractivity contribution in [3.63, 3.8) is 0 Å². The Hall–Kier alpha value is -3.24. The molecule has 2 saturated heterocycles. The van der Waals surface area contributed by atoms with Crippen LogP contribution in [-0.2, 0) is 11.3 Å². The molecule has 0 bridgehead atoms. The quantitative estimate of drug-likeness (QED) is 0.538. The van der Waals surface area contributed by atoms with Crippen LogP contribution in [0, 0.1) is 0 Å². The first-order chi connectivity index (χ1) is 17.5. The molecule has 3 amide bonds. The summed E-state index contributed by atoms with van der Waals surface area (Å²) >= 11 is 0. The van der Waals surface area contributed by atoms with Crippen molar-refractivity contribution in [3.8, 4) is 0 Å². The van der Waals surface area contributed by atoms with E-state index in [0.717, 1.165) is 50.7 Å². The summed E-state index contributed by atoms with van der Waals surface area (Å²) in [5.41, 5.74) is 1.60. The standard InChI is InChI=1S/C26H37N7O3/c1-20-18-33(19-21(2)36-20)24(34)23-7-5-22(6-8-23)17-30-26(35)29-11-4-12-31-13-15-32(16-14-31)25-27-9-3-10-28-25/h3,5-10,20-21H,4,11-19H2,1-2H3,(H2,29,30,35). The molecular formula is C26H37N7O3. The molecular weight excluding hydrogens is 458 g/mol. The number of rotatable bonds is 8. The van der Waals surface area contributed by atoms with Crippen LogP contribution >= 0.6 is 0 Å². The number of piperazine rings is 1. The summed E-state index contributed by atoms with van der Waals surface area (Å²) in [5, 5.41) is 5.82. The van der Waals surface area contributed by atoms with Gasteiger partial charge in [-0.25, -0.2) is 14.8 Å². The minimum Gasteiger partial charge on any atom is -0.372 e. The molecule has 2 aromatic rings. The van der Waals surface area contributed by atoms with E-state index >= 15 is 0 Å². The van der Waals surface area contributed by atoms with Crippen LogP contribution in [0.1, 0.15) is 36.2 Å². The predicted octanol–water partition coefficient (Wildman–Crippen LogP) is 1.74. The van der Waals surface area contributed by atoms with Crippen molar-refractivity contribution in [1.82, 2.24) is 30.4 Å². The van der Waals surface area contributed by atoms with E-state index in [1.807, 2.05) is 49.1 Å². The Kier molecular flexibility index (Phi) is 9.07. The van der Waals surface area contributed by atoms with Crippen LogP contribution < -0.4 is 15.5 Å². The summed E-state index contributed by atoms with van der Waals surface area (Å²) in [4.78, 5) is 40.1.